The number of hydrogen-bond acceptors (Lipinski definition) is 2. The molecule has 0 bridgehead atoms. The predicted octanol–water partition coefficient (Wildman–Crippen LogP) is 3.77. The summed E-state index contributed by atoms with van der Waals surface area (Å²) >= 11 is 0. The van der Waals surface area contributed by atoms with Crippen LogP contribution in [0.25, 0.3) is 0 Å². The maximum atomic E-state index is 11.7. The Bertz CT molecular complexity index is 358. The van der Waals surface area contributed by atoms with Gasteiger partial charge in [-0.05, 0) is 31.0 Å². The SMILES string of the molecule is CCCC(C)C(=O)CCOc1cccc(C)c1. The summed E-state index contributed by atoms with van der Waals surface area (Å²) in [7, 11) is 0. The molecule has 0 heterocycles. The van der Waals surface area contributed by atoms with E-state index < -0.39 is 0 Å². The average molecular weight is 234 g/mol. The molecule has 1 atom stereocenters. The van der Waals surface area contributed by atoms with E-state index in [-0.39, 0.29) is 5.92 Å². The van der Waals surface area contributed by atoms with Crippen LogP contribution in [-0.4, -0.2) is 12.4 Å². The Morgan fingerprint density at radius 1 is 1.41 bits per heavy atom. The largest absolute Gasteiger partial charge is 0.493 e. The topological polar surface area (TPSA) is 26.3 Å². The van der Waals surface area contributed by atoms with E-state index in [2.05, 4.69) is 6.92 Å². The van der Waals surface area contributed by atoms with Crippen molar-refractivity contribution in [2.24, 2.45) is 5.92 Å². The third-order valence-corrected chi connectivity index (χ3v) is 2.88. The van der Waals surface area contributed by atoms with Gasteiger partial charge in [-0.3, -0.25) is 4.79 Å². The molecule has 0 aliphatic rings. The van der Waals surface area contributed by atoms with Crippen LogP contribution in [0.2, 0.25) is 0 Å². The lowest BCUT2D eigenvalue weighted by Gasteiger charge is -2.10. The molecule has 0 amide bonds. The third-order valence-electron chi connectivity index (χ3n) is 2.88. The van der Waals surface area contributed by atoms with Crippen molar-refractivity contribution in [1.82, 2.24) is 0 Å². The van der Waals surface area contributed by atoms with E-state index in [1.165, 1.54) is 5.56 Å². The Morgan fingerprint density at radius 3 is 2.82 bits per heavy atom. The summed E-state index contributed by atoms with van der Waals surface area (Å²) in [6.07, 6.45) is 2.55. The first-order valence-electron chi connectivity index (χ1n) is 6.35. The summed E-state index contributed by atoms with van der Waals surface area (Å²) < 4.78 is 5.56. The van der Waals surface area contributed by atoms with Gasteiger partial charge in [0.05, 0.1) is 6.61 Å². The Labute approximate surface area is 104 Å². The standard InChI is InChI=1S/C15H22O2/c1-4-6-13(3)15(16)9-10-17-14-8-5-7-12(2)11-14/h5,7-8,11,13H,4,6,9-10H2,1-3H3. The monoisotopic (exact) mass is 234 g/mol. The van der Waals surface area contributed by atoms with Crippen molar-refractivity contribution in [1.29, 1.82) is 0 Å². The maximum Gasteiger partial charge on any atom is 0.139 e. The summed E-state index contributed by atoms with van der Waals surface area (Å²) in [6, 6.07) is 7.90. The highest BCUT2D eigenvalue weighted by Gasteiger charge is 2.11. The van der Waals surface area contributed by atoms with E-state index in [9.17, 15) is 4.79 Å². The smallest absolute Gasteiger partial charge is 0.139 e. The predicted molar refractivity (Wildman–Crippen MR) is 70.4 cm³/mol. The summed E-state index contributed by atoms with van der Waals surface area (Å²) in [6.45, 7) is 6.61. The van der Waals surface area contributed by atoms with Crippen LogP contribution in [0.15, 0.2) is 24.3 Å². The van der Waals surface area contributed by atoms with Crippen molar-refractivity contribution in [3.05, 3.63) is 29.8 Å². The summed E-state index contributed by atoms with van der Waals surface area (Å²) in [5, 5.41) is 0. The molecule has 0 fully saturated rings. The number of benzene rings is 1. The van der Waals surface area contributed by atoms with Crippen molar-refractivity contribution in [2.75, 3.05) is 6.61 Å². The van der Waals surface area contributed by atoms with Crippen LogP contribution >= 0.6 is 0 Å². The van der Waals surface area contributed by atoms with Crippen LogP contribution in [0, 0.1) is 12.8 Å². The van der Waals surface area contributed by atoms with Crippen molar-refractivity contribution in [3.8, 4) is 5.75 Å². The van der Waals surface area contributed by atoms with Gasteiger partial charge in [0.15, 0.2) is 0 Å². The van der Waals surface area contributed by atoms with Gasteiger partial charge in [0.25, 0.3) is 0 Å². The average Bonchev–Trinajstić information content (AvgIpc) is 2.29. The van der Waals surface area contributed by atoms with Gasteiger partial charge in [0, 0.05) is 12.3 Å². The minimum absolute atomic E-state index is 0.168. The number of ether oxygens (including phenoxy) is 1. The normalized spacial score (nSPS) is 12.2. The molecular formula is C15H22O2. The van der Waals surface area contributed by atoms with E-state index in [0.717, 1.165) is 18.6 Å². The Balaban J connectivity index is 2.30. The molecule has 0 spiro atoms. The fourth-order valence-corrected chi connectivity index (χ4v) is 1.82. The quantitative estimate of drug-likeness (QED) is 0.718. The first-order chi connectivity index (χ1) is 8.13. The molecule has 94 valence electrons. The van der Waals surface area contributed by atoms with Crippen molar-refractivity contribution in [2.45, 2.75) is 40.0 Å². The van der Waals surface area contributed by atoms with Crippen LogP contribution in [0.3, 0.4) is 0 Å². The zero-order chi connectivity index (χ0) is 12.7. The lowest BCUT2D eigenvalue weighted by atomic mass is 9.99. The first kappa shape index (κ1) is 13.8. The molecular weight excluding hydrogens is 212 g/mol. The van der Waals surface area contributed by atoms with Crippen molar-refractivity contribution in [3.63, 3.8) is 0 Å². The molecule has 1 rings (SSSR count). The molecule has 0 saturated heterocycles. The number of hydrogen-bond donors (Lipinski definition) is 0. The van der Waals surface area contributed by atoms with Crippen LogP contribution in [-0.2, 0) is 4.79 Å². The zero-order valence-corrected chi connectivity index (χ0v) is 11.0. The molecule has 0 N–H and O–H groups in total. The van der Waals surface area contributed by atoms with Crippen LogP contribution in [0.5, 0.6) is 5.75 Å². The molecule has 0 saturated carbocycles. The highest BCUT2D eigenvalue weighted by Crippen LogP contribution is 2.13. The van der Waals surface area contributed by atoms with Crippen LogP contribution in [0.4, 0.5) is 0 Å². The summed E-state index contributed by atoms with van der Waals surface area (Å²) in [4.78, 5) is 11.7. The van der Waals surface area contributed by atoms with Gasteiger partial charge in [-0.1, -0.05) is 32.4 Å². The van der Waals surface area contributed by atoms with E-state index in [4.69, 9.17) is 4.74 Å². The fraction of sp³-hybridized carbons (Fsp3) is 0.533. The zero-order valence-electron chi connectivity index (χ0n) is 11.0. The van der Waals surface area contributed by atoms with Crippen LogP contribution < -0.4 is 4.74 Å². The molecule has 2 heteroatoms. The number of Topliss-reactive ketones (excluding diaryl/α,β-unsaturated/α-hetero) is 1. The second-order valence-corrected chi connectivity index (χ2v) is 4.57. The molecule has 0 aliphatic carbocycles. The number of carbonyl (C=O) groups is 1. The Morgan fingerprint density at radius 2 is 2.18 bits per heavy atom. The van der Waals surface area contributed by atoms with Gasteiger partial charge in [-0.2, -0.15) is 0 Å². The van der Waals surface area contributed by atoms with E-state index in [1.807, 2.05) is 38.1 Å². The lowest BCUT2D eigenvalue weighted by molar-refractivity contribution is -0.123. The van der Waals surface area contributed by atoms with E-state index in [1.54, 1.807) is 0 Å². The molecule has 1 aromatic rings. The summed E-state index contributed by atoms with van der Waals surface area (Å²) in [5.41, 5.74) is 1.17. The van der Waals surface area contributed by atoms with Gasteiger partial charge >= 0.3 is 0 Å². The second kappa shape index (κ2) is 7.10. The minimum atomic E-state index is 0.168. The molecule has 0 aromatic heterocycles. The molecule has 2 nitrogen and oxygen atoms in total. The van der Waals surface area contributed by atoms with Gasteiger partial charge < -0.3 is 4.74 Å². The van der Waals surface area contributed by atoms with Gasteiger partial charge in [0.1, 0.15) is 11.5 Å². The molecule has 17 heavy (non-hydrogen) atoms. The fourth-order valence-electron chi connectivity index (χ4n) is 1.82. The Kier molecular flexibility index (Phi) is 5.75. The number of ketones is 1. The molecule has 0 aliphatic heterocycles. The molecule has 1 aromatic carbocycles. The lowest BCUT2D eigenvalue weighted by Crippen LogP contribution is -2.14. The van der Waals surface area contributed by atoms with E-state index >= 15 is 0 Å². The number of carbonyl (C=O) groups excluding carboxylic acids is 1. The van der Waals surface area contributed by atoms with Gasteiger partial charge in [-0.25, -0.2) is 0 Å². The minimum Gasteiger partial charge on any atom is -0.493 e. The number of rotatable bonds is 7. The highest BCUT2D eigenvalue weighted by molar-refractivity contribution is 5.80. The maximum absolute atomic E-state index is 11.7. The van der Waals surface area contributed by atoms with Gasteiger partial charge in [-0.15, -0.1) is 0 Å². The molecule has 0 radical (unpaired) electrons. The van der Waals surface area contributed by atoms with Crippen molar-refractivity contribution < 1.29 is 9.53 Å². The first-order valence-corrected chi connectivity index (χ1v) is 6.35. The van der Waals surface area contributed by atoms with E-state index in [0.29, 0.717) is 18.8 Å². The molecule has 1 unspecified atom stereocenters. The van der Waals surface area contributed by atoms with Crippen molar-refractivity contribution >= 4 is 5.78 Å². The highest BCUT2D eigenvalue weighted by atomic mass is 16.5. The third kappa shape index (κ3) is 5.03. The van der Waals surface area contributed by atoms with Crippen LogP contribution in [0.1, 0.15) is 38.7 Å². The van der Waals surface area contributed by atoms with Gasteiger partial charge in [0.2, 0.25) is 0 Å². The second-order valence-electron chi connectivity index (χ2n) is 4.57. The number of aryl methyl sites for hydroxylation is 1. The summed E-state index contributed by atoms with van der Waals surface area (Å²) in [5.74, 6) is 1.32. The Hall–Kier alpha value is -1.31.